The number of nitrogens with one attached hydrogen (secondary N) is 1. The summed E-state index contributed by atoms with van der Waals surface area (Å²) < 4.78 is 5.61. The molecule has 0 radical (unpaired) electrons. The molecule has 0 aliphatic rings. The van der Waals surface area contributed by atoms with Crippen molar-refractivity contribution < 1.29 is 14.5 Å². The van der Waals surface area contributed by atoms with Gasteiger partial charge in [0.05, 0.1) is 10.6 Å². The Bertz CT molecular complexity index is 1170. The monoisotopic (exact) mass is 424 g/mol. The van der Waals surface area contributed by atoms with Crippen molar-refractivity contribution in [1.29, 1.82) is 0 Å². The largest absolute Gasteiger partial charge is 0.431 e. The van der Waals surface area contributed by atoms with Crippen molar-refractivity contribution in [2.45, 2.75) is 0 Å². The van der Waals surface area contributed by atoms with Gasteiger partial charge in [-0.15, -0.1) is 11.3 Å². The van der Waals surface area contributed by atoms with Gasteiger partial charge in [0.2, 0.25) is 0 Å². The maximum absolute atomic E-state index is 12.6. The van der Waals surface area contributed by atoms with Crippen LogP contribution >= 0.6 is 22.7 Å². The van der Waals surface area contributed by atoms with Crippen molar-refractivity contribution in [3.63, 3.8) is 0 Å². The van der Waals surface area contributed by atoms with Crippen LogP contribution in [0.15, 0.2) is 65.5 Å². The molecule has 2 aromatic heterocycles. The predicted octanol–water partition coefficient (Wildman–Crippen LogP) is 5.22. The Kier molecular flexibility index (Phi) is 5.27. The second-order valence-corrected chi connectivity index (χ2v) is 7.44. The van der Waals surface area contributed by atoms with Crippen molar-refractivity contribution in [3.05, 3.63) is 81.2 Å². The molecule has 10 heteroatoms. The summed E-state index contributed by atoms with van der Waals surface area (Å²) >= 11 is 2.59. The van der Waals surface area contributed by atoms with Gasteiger partial charge in [-0.1, -0.05) is 29.5 Å². The first-order valence-electron chi connectivity index (χ1n) is 8.27. The molecular formula is C19H12N4O4S2. The van der Waals surface area contributed by atoms with Crippen molar-refractivity contribution >= 4 is 39.4 Å². The summed E-state index contributed by atoms with van der Waals surface area (Å²) in [6.07, 6.45) is 1.64. The minimum absolute atomic E-state index is 0.0156. The number of hydrogen-bond donors (Lipinski definition) is 1. The summed E-state index contributed by atoms with van der Waals surface area (Å²) in [5.74, 6) is 0.165. The number of ether oxygens (including phenoxy) is 1. The Hall–Kier alpha value is -3.63. The van der Waals surface area contributed by atoms with Crippen LogP contribution in [-0.4, -0.2) is 20.8 Å². The topological polar surface area (TPSA) is 107 Å². The summed E-state index contributed by atoms with van der Waals surface area (Å²) in [4.78, 5) is 31.4. The van der Waals surface area contributed by atoms with Crippen LogP contribution in [0, 0.1) is 10.1 Å². The zero-order valence-electron chi connectivity index (χ0n) is 14.6. The number of anilines is 1. The third-order valence-corrected chi connectivity index (χ3v) is 5.19. The van der Waals surface area contributed by atoms with Crippen LogP contribution in [0.1, 0.15) is 10.4 Å². The van der Waals surface area contributed by atoms with E-state index in [1.54, 1.807) is 53.4 Å². The maximum Gasteiger partial charge on any atom is 0.278 e. The Morgan fingerprint density at radius 3 is 2.79 bits per heavy atom. The van der Waals surface area contributed by atoms with Crippen molar-refractivity contribution in [2.75, 3.05) is 5.32 Å². The van der Waals surface area contributed by atoms with Crippen molar-refractivity contribution in [1.82, 2.24) is 9.97 Å². The summed E-state index contributed by atoms with van der Waals surface area (Å²) in [5, 5.41) is 18.1. The highest BCUT2D eigenvalue weighted by molar-refractivity contribution is 7.14. The third kappa shape index (κ3) is 4.45. The number of aromatic nitrogens is 2. The van der Waals surface area contributed by atoms with Crippen LogP contribution in [0.5, 0.6) is 10.9 Å². The van der Waals surface area contributed by atoms with Gasteiger partial charge in [0.1, 0.15) is 5.75 Å². The van der Waals surface area contributed by atoms with E-state index >= 15 is 0 Å². The Morgan fingerprint density at radius 2 is 2.00 bits per heavy atom. The fraction of sp³-hybridized carbons (Fsp3) is 0. The molecule has 29 heavy (non-hydrogen) atoms. The highest BCUT2D eigenvalue weighted by Crippen LogP contribution is 2.28. The SMILES string of the molecule is O=C(Nc1nc(-c2cccc([N+](=O)[O-])c2)cs1)c1cccc(Oc2nccs2)c1. The Labute approximate surface area is 172 Å². The van der Waals surface area contributed by atoms with Gasteiger partial charge in [-0.2, -0.15) is 0 Å². The minimum Gasteiger partial charge on any atom is -0.431 e. The van der Waals surface area contributed by atoms with E-state index in [-0.39, 0.29) is 11.6 Å². The molecule has 1 N–H and O–H groups in total. The predicted molar refractivity (Wildman–Crippen MR) is 111 cm³/mol. The number of nitrogens with zero attached hydrogens (tertiary/aromatic N) is 3. The first kappa shape index (κ1) is 18.7. The first-order chi connectivity index (χ1) is 14.1. The van der Waals surface area contributed by atoms with E-state index in [2.05, 4.69) is 15.3 Å². The fourth-order valence-corrected chi connectivity index (χ4v) is 3.69. The minimum atomic E-state index is -0.459. The van der Waals surface area contributed by atoms with E-state index in [0.29, 0.717) is 32.9 Å². The fourth-order valence-electron chi connectivity index (χ4n) is 2.47. The molecule has 0 atom stereocenters. The van der Waals surface area contributed by atoms with Gasteiger partial charge in [0, 0.05) is 40.2 Å². The lowest BCUT2D eigenvalue weighted by atomic mass is 10.1. The molecule has 0 saturated heterocycles. The molecule has 2 aromatic carbocycles. The van der Waals surface area contributed by atoms with E-state index in [1.165, 1.54) is 34.8 Å². The molecule has 0 bridgehead atoms. The van der Waals surface area contributed by atoms with E-state index in [9.17, 15) is 14.9 Å². The van der Waals surface area contributed by atoms with Crippen LogP contribution in [0.25, 0.3) is 11.3 Å². The molecule has 2 heterocycles. The van der Waals surface area contributed by atoms with Crippen LogP contribution in [0.3, 0.4) is 0 Å². The standard InChI is InChI=1S/C19H12N4O4S2/c24-17(13-4-2-6-15(10-13)27-19-20-7-8-28-19)22-18-21-16(11-29-18)12-3-1-5-14(9-12)23(25)26/h1-11H,(H,21,22,24). The highest BCUT2D eigenvalue weighted by Gasteiger charge is 2.13. The number of nitro groups is 1. The lowest BCUT2D eigenvalue weighted by Crippen LogP contribution is -2.11. The van der Waals surface area contributed by atoms with Crippen LogP contribution in [-0.2, 0) is 0 Å². The lowest BCUT2D eigenvalue weighted by molar-refractivity contribution is -0.384. The number of amides is 1. The normalized spacial score (nSPS) is 10.5. The molecule has 1 amide bonds. The zero-order valence-corrected chi connectivity index (χ0v) is 16.3. The molecule has 8 nitrogen and oxygen atoms in total. The summed E-state index contributed by atoms with van der Waals surface area (Å²) in [7, 11) is 0. The zero-order chi connectivity index (χ0) is 20.2. The molecule has 0 spiro atoms. The average molecular weight is 424 g/mol. The van der Waals surface area contributed by atoms with Gasteiger partial charge >= 0.3 is 0 Å². The smallest absolute Gasteiger partial charge is 0.278 e. The summed E-state index contributed by atoms with van der Waals surface area (Å²) in [5.41, 5.74) is 1.55. The number of hydrogen-bond acceptors (Lipinski definition) is 8. The molecule has 0 saturated carbocycles. The van der Waals surface area contributed by atoms with Gasteiger partial charge in [-0.25, -0.2) is 9.97 Å². The number of thiazole rings is 2. The molecule has 0 unspecified atom stereocenters. The molecule has 0 fully saturated rings. The lowest BCUT2D eigenvalue weighted by Gasteiger charge is -2.05. The molecule has 4 aromatic rings. The van der Waals surface area contributed by atoms with E-state index in [1.807, 2.05) is 0 Å². The maximum atomic E-state index is 12.6. The second-order valence-electron chi connectivity index (χ2n) is 5.73. The van der Waals surface area contributed by atoms with Crippen molar-refractivity contribution in [2.24, 2.45) is 0 Å². The number of benzene rings is 2. The van der Waals surface area contributed by atoms with Gasteiger partial charge in [-0.05, 0) is 18.2 Å². The average Bonchev–Trinajstić information content (AvgIpc) is 3.40. The summed E-state index contributed by atoms with van der Waals surface area (Å²) in [6.45, 7) is 0. The third-order valence-electron chi connectivity index (χ3n) is 3.79. The van der Waals surface area contributed by atoms with E-state index in [4.69, 9.17) is 4.74 Å². The van der Waals surface area contributed by atoms with Gasteiger partial charge < -0.3 is 4.74 Å². The Balaban J connectivity index is 1.48. The molecule has 144 valence electrons. The van der Waals surface area contributed by atoms with Crippen LogP contribution in [0.2, 0.25) is 0 Å². The first-order valence-corrected chi connectivity index (χ1v) is 10.0. The van der Waals surface area contributed by atoms with E-state index < -0.39 is 4.92 Å². The van der Waals surface area contributed by atoms with E-state index in [0.717, 1.165) is 0 Å². The summed E-state index contributed by atoms with van der Waals surface area (Å²) in [6, 6.07) is 12.9. The number of nitro benzene ring substituents is 1. The number of rotatable bonds is 6. The molecule has 0 aliphatic heterocycles. The van der Waals surface area contributed by atoms with Gasteiger partial charge in [0.15, 0.2) is 5.13 Å². The number of non-ortho nitro benzene ring substituents is 1. The highest BCUT2D eigenvalue weighted by atomic mass is 32.1. The van der Waals surface area contributed by atoms with Crippen molar-refractivity contribution in [3.8, 4) is 22.2 Å². The van der Waals surface area contributed by atoms with Gasteiger partial charge in [0.25, 0.3) is 16.8 Å². The quantitative estimate of drug-likeness (QED) is 0.336. The Morgan fingerprint density at radius 1 is 1.14 bits per heavy atom. The molecule has 0 aliphatic carbocycles. The van der Waals surface area contributed by atoms with Gasteiger partial charge in [-0.3, -0.25) is 20.2 Å². The van der Waals surface area contributed by atoms with Crippen LogP contribution < -0.4 is 10.1 Å². The second kappa shape index (κ2) is 8.17. The van der Waals surface area contributed by atoms with Crippen LogP contribution in [0.4, 0.5) is 10.8 Å². The molecular weight excluding hydrogens is 412 g/mol. The molecule has 4 rings (SSSR count). The number of carbonyl (C=O) groups excluding carboxylic acids is 1. The number of carbonyl (C=O) groups is 1.